The van der Waals surface area contributed by atoms with Crippen LogP contribution in [0.3, 0.4) is 0 Å². The topological polar surface area (TPSA) is 335 Å². The molecule has 4 aliphatic carbocycles. The molecule has 3 unspecified atom stereocenters. The molecule has 0 amide bonds. The quantitative estimate of drug-likeness (QED) is 0.0964. The van der Waals surface area contributed by atoms with Gasteiger partial charge in [-0.05, 0) is 91.8 Å². The summed E-state index contributed by atoms with van der Waals surface area (Å²) in [6, 6.07) is 0. The van der Waals surface area contributed by atoms with Gasteiger partial charge in [-0.25, -0.2) is 0 Å². The van der Waals surface area contributed by atoms with E-state index in [-0.39, 0.29) is 16.9 Å². The van der Waals surface area contributed by atoms with Gasteiger partial charge in [0.1, 0.15) is 91.6 Å². The lowest BCUT2D eigenvalue weighted by Gasteiger charge is -2.58. The van der Waals surface area contributed by atoms with Crippen molar-refractivity contribution in [2.45, 2.75) is 220 Å². The van der Waals surface area contributed by atoms with E-state index in [2.05, 4.69) is 33.8 Å². The Morgan fingerprint density at radius 1 is 0.597 bits per heavy atom. The molecular formula is C50H80O22. The van der Waals surface area contributed by atoms with E-state index in [0.717, 1.165) is 51.6 Å². The molecular weight excluding hydrogens is 953 g/mol. The first-order valence-electron chi connectivity index (χ1n) is 26.4. The van der Waals surface area contributed by atoms with Gasteiger partial charge >= 0.3 is 0 Å². The van der Waals surface area contributed by atoms with Crippen LogP contribution in [0.25, 0.3) is 0 Å². The predicted molar refractivity (Wildman–Crippen MR) is 242 cm³/mol. The molecule has 412 valence electrons. The maximum Gasteiger partial charge on any atom is 0.187 e. The van der Waals surface area contributed by atoms with Crippen LogP contribution in [-0.4, -0.2) is 229 Å². The molecule has 1 spiro atoms. The van der Waals surface area contributed by atoms with Crippen LogP contribution in [0.4, 0.5) is 0 Å². The zero-order valence-electron chi connectivity index (χ0n) is 41.5. The number of fused-ring (bicyclic) bond motifs is 7. The molecule has 12 N–H and O–H groups in total. The monoisotopic (exact) mass is 1030 g/mol. The van der Waals surface area contributed by atoms with Crippen molar-refractivity contribution in [2.75, 3.05) is 33.0 Å². The molecule has 22 nitrogen and oxygen atoms in total. The van der Waals surface area contributed by atoms with E-state index in [1.165, 1.54) is 5.57 Å². The number of hydrogen-bond donors (Lipinski definition) is 12. The highest BCUT2D eigenvalue weighted by molar-refractivity contribution is 5.26. The van der Waals surface area contributed by atoms with E-state index in [1.807, 2.05) is 0 Å². The summed E-state index contributed by atoms with van der Waals surface area (Å²) in [5, 5.41) is 129. The molecule has 22 heteroatoms. The van der Waals surface area contributed by atoms with E-state index in [1.54, 1.807) is 0 Å². The van der Waals surface area contributed by atoms with Gasteiger partial charge in [-0.3, -0.25) is 0 Å². The van der Waals surface area contributed by atoms with Crippen LogP contribution in [-0.2, 0) is 47.4 Å². The molecule has 30 atom stereocenters. The highest BCUT2D eigenvalue weighted by Crippen LogP contribution is 2.70. The van der Waals surface area contributed by atoms with Crippen LogP contribution in [0.5, 0.6) is 0 Å². The molecule has 0 aromatic heterocycles. The minimum atomic E-state index is -2.00. The summed E-state index contributed by atoms with van der Waals surface area (Å²) in [4.78, 5) is 0. The third-order valence-electron chi connectivity index (χ3n) is 19.4. The maximum absolute atomic E-state index is 11.8. The number of hydrogen-bond acceptors (Lipinski definition) is 22. The third kappa shape index (κ3) is 9.18. The number of aliphatic hydroxyl groups excluding tert-OH is 12. The van der Waals surface area contributed by atoms with Crippen molar-refractivity contribution in [3.8, 4) is 0 Å². The maximum atomic E-state index is 11.8. The lowest BCUT2D eigenvalue weighted by atomic mass is 9.47. The first kappa shape index (κ1) is 54.2. The Kier molecular flexibility index (Phi) is 15.7. The first-order chi connectivity index (χ1) is 34.3. The minimum Gasteiger partial charge on any atom is -0.394 e. The van der Waals surface area contributed by atoms with Gasteiger partial charge in [0.2, 0.25) is 0 Å². The van der Waals surface area contributed by atoms with Gasteiger partial charge < -0.3 is 109 Å². The van der Waals surface area contributed by atoms with E-state index in [4.69, 9.17) is 47.4 Å². The zero-order valence-corrected chi connectivity index (χ0v) is 41.5. The highest BCUT2D eigenvalue weighted by atomic mass is 16.8. The van der Waals surface area contributed by atoms with Crippen LogP contribution in [0.1, 0.15) is 85.5 Å². The second-order valence-corrected chi connectivity index (χ2v) is 23.5. The molecule has 0 aromatic rings. The fraction of sp³-hybridized carbons (Fsp3) is 0.960. The molecule has 6 saturated heterocycles. The van der Waals surface area contributed by atoms with Crippen molar-refractivity contribution in [1.82, 2.24) is 0 Å². The lowest BCUT2D eigenvalue weighted by Crippen LogP contribution is -2.68. The van der Waals surface area contributed by atoms with Gasteiger partial charge in [-0.15, -0.1) is 0 Å². The molecule has 10 aliphatic rings. The Morgan fingerprint density at radius 2 is 1.24 bits per heavy atom. The van der Waals surface area contributed by atoms with Crippen molar-refractivity contribution in [1.29, 1.82) is 0 Å². The summed E-state index contributed by atoms with van der Waals surface area (Å²) >= 11 is 0. The molecule has 6 aliphatic heterocycles. The van der Waals surface area contributed by atoms with E-state index in [9.17, 15) is 61.3 Å². The highest BCUT2D eigenvalue weighted by Gasteiger charge is 2.69. The second kappa shape index (κ2) is 20.9. The van der Waals surface area contributed by atoms with Crippen LogP contribution in [0.15, 0.2) is 11.6 Å². The SMILES string of the molecule is CC1C2C(C[C@H]3[C@@H]4CC=C5C[C@H](O[C@@H]6O[C@H](CO)[C@H](O[C@@H]7O[C@H](CO)[C@@H](O)[C@H](O[C@@H]8OC[C@@H](O)[C@H](O)[C@H]8O)[C@H]7O[C@@H]7O[C@H](CO)[C@@H](O)[C@H](O)[C@H]7O)[C@H](O)[C@H]6O)CC[C@]5(C)[C@H]4CC[C@]23C)O[C@]12CC[C@@H](C)CO2. The van der Waals surface area contributed by atoms with Gasteiger partial charge in [0.15, 0.2) is 30.9 Å². The summed E-state index contributed by atoms with van der Waals surface area (Å²) in [6.45, 7) is 7.28. The zero-order chi connectivity index (χ0) is 51.3. The predicted octanol–water partition coefficient (Wildman–Crippen LogP) is -2.35. The Balaban J connectivity index is 0.826. The largest absolute Gasteiger partial charge is 0.394 e. The van der Waals surface area contributed by atoms with Gasteiger partial charge in [0.05, 0.1) is 45.2 Å². The Labute approximate surface area is 419 Å². The molecule has 72 heavy (non-hydrogen) atoms. The number of aliphatic hydroxyl groups is 12. The van der Waals surface area contributed by atoms with Gasteiger partial charge in [0, 0.05) is 12.3 Å². The fourth-order valence-corrected chi connectivity index (χ4v) is 15.3. The van der Waals surface area contributed by atoms with Gasteiger partial charge in [-0.2, -0.15) is 0 Å². The average Bonchev–Trinajstić information content (AvgIpc) is 3.82. The lowest BCUT2D eigenvalue weighted by molar-refractivity contribution is -0.403. The summed E-state index contributed by atoms with van der Waals surface area (Å²) in [5.41, 5.74) is 1.44. The summed E-state index contributed by atoms with van der Waals surface area (Å²) < 4.78 is 61.3. The van der Waals surface area contributed by atoms with Crippen molar-refractivity contribution in [2.24, 2.45) is 46.3 Å². The summed E-state index contributed by atoms with van der Waals surface area (Å²) in [6.07, 6.45) is -22.3. The molecule has 0 bridgehead atoms. The van der Waals surface area contributed by atoms with Crippen molar-refractivity contribution >= 4 is 0 Å². The van der Waals surface area contributed by atoms with E-state index >= 15 is 0 Å². The number of rotatable bonds is 11. The van der Waals surface area contributed by atoms with Gasteiger partial charge in [0.25, 0.3) is 0 Å². The van der Waals surface area contributed by atoms with Crippen LogP contribution in [0, 0.1) is 46.3 Å². The van der Waals surface area contributed by atoms with Crippen LogP contribution in [0.2, 0.25) is 0 Å². The second-order valence-electron chi connectivity index (χ2n) is 23.5. The van der Waals surface area contributed by atoms with Crippen LogP contribution >= 0.6 is 0 Å². The minimum absolute atomic E-state index is 0.0473. The normalized spacial score (nSPS) is 56.7. The molecule has 9 fully saturated rings. The van der Waals surface area contributed by atoms with Gasteiger partial charge in [-0.1, -0.05) is 39.3 Å². The Bertz CT molecular complexity index is 1890. The smallest absolute Gasteiger partial charge is 0.187 e. The van der Waals surface area contributed by atoms with E-state index in [0.29, 0.717) is 48.3 Å². The molecule has 0 radical (unpaired) electrons. The molecule has 10 rings (SSSR count). The Morgan fingerprint density at radius 3 is 1.94 bits per heavy atom. The summed E-state index contributed by atoms with van der Waals surface area (Å²) in [5.74, 6) is 2.46. The van der Waals surface area contributed by atoms with Crippen LogP contribution < -0.4 is 0 Å². The standard InChI is InChI=1S/C50H80O22/c1-20-7-12-50(64-18-20)21(2)32-28(72-50)14-26-24-6-5-22-13-23(8-10-48(22,3)25(24)9-11-49(26,32)4)65-45-40(62)37(59)41(31(17-53)68-45)69-47-43(71-46-39(61)36(58)34(56)29(15-51)66-46)42(35(57)30(16-52)67-47)70-44-38(60)33(55)27(54)19-63-44/h5,20-21,23-47,51-62H,6-19H2,1-4H3/t20-,21?,23-,24-,25+,26+,27-,28?,29-,30-,31-,32?,33+,34-,35-,36+,37-,38-,39-,40-,41+,42+,43-,44+,45-,46+,47+,48+,49+,50-/m1/s1. The van der Waals surface area contributed by atoms with E-state index < -0.39 is 155 Å². The third-order valence-corrected chi connectivity index (χ3v) is 19.4. The Hall–Kier alpha value is -1.14. The number of ether oxygens (including phenoxy) is 10. The molecule has 6 heterocycles. The molecule has 3 saturated carbocycles. The number of allylic oxidation sites excluding steroid dienone is 1. The molecule has 0 aromatic carbocycles. The first-order valence-corrected chi connectivity index (χ1v) is 26.4. The average molecular weight is 1030 g/mol. The van der Waals surface area contributed by atoms with Crippen molar-refractivity contribution in [3.63, 3.8) is 0 Å². The van der Waals surface area contributed by atoms with Crippen molar-refractivity contribution < 1.29 is 109 Å². The van der Waals surface area contributed by atoms with Crippen molar-refractivity contribution in [3.05, 3.63) is 11.6 Å². The summed E-state index contributed by atoms with van der Waals surface area (Å²) in [7, 11) is 0. The fourth-order valence-electron chi connectivity index (χ4n) is 15.3.